The molecule has 4 heteroatoms. The molecule has 0 aliphatic heterocycles. The minimum absolute atomic E-state index is 0.283. The van der Waals surface area contributed by atoms with Crippen molar-refractivity contribution in [2.45, 2.75) is 26.9 Å². The molecular formula is C14H14ClFOS. The number of aliphatic hydroxyl groups excluding tert-OH is 1. The fraction of sp³-hybridized carbons (Fsp3) is 0.286. The Hall–Kier alpha value is -0.900. The number of hydrogen-bond acceptors (Lipinski definition) is 2. The van der Waals surface area contributed by atoms with E-state index in [9.17, 15) is 9.50 Å². The third kappa shape index (κ3) is 2.30. The zero-order chi connectivity index (χ0) is 13.4. The molecule has 0 radical (unpaired) electrons. The molecule has 0 bridgehead atoms. The Morgan fingerprint density at radius 2 is 1.72 bits per heavy atom. The molecule has 0 amide bonds. The van der Waals surface area contributed by atoms with Crippen LogP contribution in [-0.2, 0) is 0 Å². The van der Waals surface area contributed by atoms with E-state index in [2.05, 4.69) is 0 Å². The summed E-state index contributed by atoms with van der Waals surface area (Å²) in [5, 5.41) is 12.9. The highest BCUT2D eigenvalue weighted by molar-refractivity contribution is 7.10. The average molecular weight is 285 g/mol. The summed E-state index contributed by atoms with van der Waals surface area (Å²) in [6, 6.07) is 2.86. The third-order valence-corrected chi connectivity index (χ3v) is 4.77. The first-order chi connectivity index (χ1) is 8.41. The van der Waals surface area contributed by atoms with Crippen molar-refractivity contribution < 1.29 is 9.50 Å². The maximum Gasteiger partial charge on any atom is 0.123 e. The van der Waals surface area contributed by atoms with Gasteiger partial charge in [0.15, 0.2) is 0 Å². The minimum Gasteiger partial charge on any atom is -0.383 e. The molecule has 96 valence electrons. The van der Waals surface area contributed by atoms with Crippen LogP contribution in [0.3, 0.4) is 0 Å². The molecule has 2 aromatic rings. The lowest BCUT2D eigenvalue weighted by Gasteiger charge is -2.16. The Balaban J connectivity index is 2.53. The molecule has 0 saturated heterocycles. The molecule has 2 rings (SSSR count). The van der Waals surface area contributed by atoms with Crippen LogP contribution in [0.15, 0.2) is 17.5 Å². The van der Waals surface area contributed by atoms with E-state index in [1.54, 1.807) is 13.8 Å². The van der Waals surface area contributed by atoms with Crippen LogP contribution in [-0.4, -0.2) is 5.11 Å². The second-order valence-electron chi connectivity index (χ2n) is 4.45. The van der Waals surface area contributed by atoms with E-state index in [1.165, 1.54) is 23.5 Å². The summed E-state index contributed by atoms with van der Waals surface area (Å²) in [4.78, 5) is 0.715. The Kier molecular flexibility index (Phi) is 3.76. The number of benzene rings is 1. The van der Waals surface area contributed by atoms with Gasteiger partial charge in [-0.3, -0.25) is 0 Å². The molecule has 0 saturated carbocycles. The van der Waals surface area contributed by atoms with Gasteiger partial charge in [0.2, 0.25) is 0 Å². The molecule has 0 fully saturated rings. The Morgan fingerprint density at radius 3 is 2.17 bits per heavy atom. The first kappa shape index (κ1) is 13.5. The van der Waals surface area contributed by atoms with Crippen LogP contribution in [0.4, 0.5) is 4.39 Å². The predicted octanol–water partition coefficient (Wildman–Crippen LogP) is 4.55. The van der Waals surface area contributed by atoms with E-state index in [1.807, 2.05) is 12.3 Å². The number of aliphatic hydroxyl groups is 1. The molecule has 18 heavy (non-hydrogen) atoms. The molecule has 1 nitrogen and oxygen atoms in total. The van der Waals surface area contributed by atoms with Crippen molar-refractivity contribution in [3.05, 3.63) is 55.5 Å². The summed E-state index contributed by atoms with van der Waals surface area (Å²) in [7, 11) is 0. The van der Waals surface area contributed by atoms with Gasteiger partial charge in [0.1, 0.15) is 11.9 Å². The van der Waals surface area contributed by atoms with Gasteiger partial charge < -0.3 is 5.11 Å². The van der Waals surface area contributed by atoms with Crippen molar-refractivity contribution in [3.8, 4) is 0 Å². The fourth-order valence-electron chi connectivity index (χ4n) is 2.12. The Bertz CT molecular complexity index is 568. The molecule has 1 aromatic heterocycles. The van der Waals surface area contributed by atoms with Crippen LogP contribution in [0.25, 0.3) is 0 Å². The molecule has 0 aliphatic rings. The number of halogens is 2. The Morgan fingerprint density at radius 1 is 1.17 bits per heavy atom. The monoisotopic (exact) mass is 284 g/mol. The maximum absolute atomic E-state index is 13.3. The van der Waals surface area contributed by atoms with E-state index in [4.69, 9.17) is 11.6 Å². The molecule has 1 N–H and O–H groups in total. The summed E-state index contributed by atoms with van der Waals surface area (Å²) in [6.07, 6.45) is -0.795. The molecule has 1 unspecified atom stereocenters. The lowest BCUT2D eigenvalue weighted by molar-refractivity contribution is 0.222. The molecule has 1 atom stereocenters. The maximum atomic E-state index is 13.3. The standard InChI is InChI=1S/C14H14ClFOS/c1-7-4-10(16)5-8(2)11(7)13(17)14-12(15)9(3)6-18-14/h4-6,13,17H,1-3H3. The second-order valence-corrected chi connectivity index (χ2v) is 5.74. The van der Waals surface area contributed by atoms with E-state index < -0.39 is 6.10 Å². The quantitative estimate of drug-likeness (QED) is 0.858. The first-order valence-electron chi connectivity index (χ1n) is 5.60. The van der Waals surface area contributed by atoms with Gasteiger partial charge >= 0.3 is 0 Å². The van der Waals surface area contributed by atoms with E-state index in [0.29, 0.717) is 9.90 Å². The van der Waals surface area contributed by atoms with Gasteiger partial charge in [-0.1, -0.05) is 11.6 Å². The summed E-state index contributed by atoms with van der Waals surface area (Å²) in [6.45, 7) is 5.49. The van der Waals surface area contributed by atoms with Crippen molar-refractivity contribution >= 4 is 22.9 Å². The van der Waals surface area contributed by atoms with Gasteiger partial charge in [-0.25, -0.2) is 4.39 Å². The van der Waals surface area contributed by atoms with Crippen LogP contribution in [0, 0.1) is 26.6 Å². The largest absolute Gasteiger partial charge is 0.383 e. The zero-order valence-electron chi connectivity index (χ0n) is 10.4. The third-order valence-electron chi connectivity index (χ3n) is 3.01. The molecule has 0 spiro atoms. The van der Waals surface area contributed by atoms with Gasteiger partial charge in [0, 0.05) is 0 Å². The molecule has 0 aliphatic carbocycles. The summed E-state index contributed by atoms with van der Waals surface area (Å²) < 4.78 is 13.3. The number of aryl methyl sites for hydroxylation is 3. The van der Waals surface area contributed by atoms with Gasteiger partial charge in [-0.2, -0.15) is 0 Å². The van der Waals surface area contributed by atoms with Crippen molar-refractivity contribution in [3.63, 3.8) is 0 Å². The van der Waals surface area contributed by atoms with Gasteiger partial charge in [0.25, 0.3) is 0 Å². The van der Waals surface area contributed by atoms with Gasteiger partial charge in [-0.05, 0) is 60.5 Å². The lowest BCUT2D eigenvalue weighted by Crippen LogP contribution is -2.04. The van der Waals surface area contributed by atoms with Crippen LogP contribution in [0.2, 0.25) is 5.02 Å². The fourth-order valence-corrected chi connectivity index (χ4v) is 3.41. The number of hydrogen-bond donors (Lipinski definition) is 1. The van der Waals surface area contributed by atoms with Crippen LogP contribution in [0.1, 0.15) is 33.2 Å². The topological polar surface area (TPSA) is 20.2 Å². The van der Waals surface area contributed by atoms with Crippen molar-refractivity contribution in [1.29, 1.82) is 0 Å². The summed E-state index contributed by atoms with van der Waals surface area (Å²) >= 11 is 7.59. The highest BCUT2D eigenvalue weighted by Crippen LogP contribution is 2.37. The number of rotatable bonds is 2. The van der Waals surface area contributed by atoms with Crippen molar-refractivity contribution in [2.75, 3.05) is 0 Å². The number of thiophene rings is 1. The molecular weight excluding hydrogens is 271 g/mol. The van der Waals surface area contributed by atoms with Crippen molar-refractivity contribution in [1.82, 2.24) is 0 Å². The highest BCUT2D eigenvalue weighted by Gasteiger charge is 2.21. The van der Waals surface area contributed by atoms with Gasteiger partial charge in [-0.15, -0.1) is 11.3 Å². The summed E-state index contributed by atoms with van der Waals surface area (Å²) in [5.41, 5.74) is 3.16. The molecule has 1 aromatic carbocycles. The van der Waals surface area contributed by atoms with Crippen LogP contribution >= 0.6 is 22.9 Å². The summed E-state index contributed by atoms with van der Waals surface area (Å²) in [5.74, 6) is -0.283. The minimum atomic E-state index is -0.795. The normalized spacial score (nSPS) is 12.8. The van der Waals surface area contributed by atoms with E-state index >= 15 is 0 Å². The SMILES string of the molecule is Cc1csc(C(O)c2c(C)cc(F)cc2C)c1Cl. The zero-order valence-corrected chi connectivity index (χ0v) is 12.0. The molecule has 1 heterocycles. The van der Waals surface area contributed by atoms with Crippen LogP contribution in [0.5, 0.6) is 0 Å². The predicted molar refractivity (Wildman–Crippen MR) is 74.0 cm³/mol. The Labute approximate surface area is 115 Å². The van der Waals surface area contributed by atoms with E-state index in [0.717, 1.165) is 22.3 Å². The van der Waals surface area contributed by atoms with Crippen molar-refractivity contribution in [2.24, 2.45) is 0 Å². The lowest BCUT2D eigenvalue weighted by atomic mass is 9.96. The van der Waals surface area contributed by atoms with Crippen LogP contribution < -0.4 is 0 Å². The second kappa shape index (κ2) is 5.00. The first-order valence-corrected chi connectivity index (χ1v) is 6.85. The average Bonchev–Trinajstić information content (AvgIpc) is 2.58. The van der Waals surface area contributed by atoms with E-state index in [-0.39, 0.29) is 5.82 Å². The smallest absolute Gasteiger partial charge is 0.123 e. The highest BCUT2D eigenvalue weighted by atomic mass is 35.5. The van der Waals surface area contributed by atoms with Gasteiger partial charge in [0.05, 0.1) is 9.90 Å².